The van der Waals surface area contributed by atoms with Crippen LogP contribution in [0.1, 0.15) is 11.5 Å². The molecule has 7 heteroatoms. The molecule has 5 nitrogen and oxygen atoms in total. The van der Waals surface area contributed by atoms with Gasteiger partial charge in [-0.05, 0) is 24.3 Å². The fourth-order valence-electron chi connectivity index (χ4n) is 1.71. The van der Waals surface area contributed by atoms with Crippen molar-refractivity contribution in [1.29, 1.82) is 5.26 Å². The molecule has 0 radical (unpaired) electrons. The number of nitrogens with one attached hydrogen (secondary N) is 1. The Balaban J connectivity index is 1.71. The lowest BCUT2D eigenvalue weighted by molar-refractivity contribution is 0.424. The van der Waals surface area contributed by atoms with Crippen LogP contribution >= 0.6 is 23.4 Å². The first-order valence-electron chi connectivity index (χ1n) is 6.05. The molecule has 0 bridgehead atoms. The van der Waals surface area contributed by atoms with Gasteiger partial charge in [0.25, 0.3) is 5.89 Å². The topological polar surface area (TPSA) is 78.5 Å². The van der Waals surface area contributed by atoms with Gasteiger partial charge >= 0.3 is 0 Å². The summed E-state index contributed by atoms with van der Waals surface area (Å²) in [6.07, 6.45) is 0. The molecule has 0 aliphatic carbocycles. The first-order valence-corrected chi connectivity index (χ1v) is 7.42. The Morgan fingerprint density at radius 1 is 1.29 bits per heavy atom. The molecule has 2 aromatic heterocycles. The average molecular weight is 317 g/mol. The summed E-state index contributed by atoms with van der Waals surface area (Å²) in [6.45, 7) is 0. The zero-order chi connectivity index (χ0) is 14.7. The van der Waals surface area contributed by atoms with Crippen LogP contribution in [0.3, 0.4) is 0 Å². The Labute approximate surface area is 129 Å². The van der Waals surface area contributed by atoms with Crippen LogP contribution < -0.4 is 0 Å². The highest BCUT2D eigenvalue weighted by Crippen LogP contribution is 2.29. The second kappa shape index (κ2) is 6.04. The van der Waals surface area contributed by atoms with Crippen molar-refractivity contribution in [2.45, 2.75) is 10.6 Å². The van der Waals surface area contributed by atoms with E-state index in [4.69, 9.17) is 21.4 Å². The van der Waals surface area contributed by atoms with Crippen LogP contribution in [-0.4, -0.2) is 15.1 Å². The van der Waals surface area contributed by atoms with Crippen LogP contribution in [0.4, 0.5) is 0 Å². The molecule has 0 saturated carbocycles. The van der Waals surface area contributed by atoms with E-state index in [1.807, 2.05) is 30.3 Å². The first-order chi connectivity index (χ1) is 10.3. The third-order valence-electron chi connectivity index (χ3n) is 2.70. The molecular formula is C14H9ClN4OS. The quantitative estimate of drug-likeness (QED) is 0.739. The van der Waals surface area contributed by atoms with Crippen LogP contribution in [0.15, 0.2) is 45.8 Å². The Bertz CT molecular complexity index is 805. The van der Waals surface area contributed by atoms with E-state index in [1.54, 1.807) is 12.1 Å². The van der Waals surface area contributed by atoms with Gasteiger partial charge in [0.15, 0.2) is 5.82 Å². The highest BCUT2D eigenvalue weighted by Gasteiger charge is 2.11. The van der Waals surface area contributed by atoms with Crippen LogP contribution in [0.2, 0.25) is 5.02 Å². The molecule has 1 aromatic carbocycles. The maximum atomic E-state index is 8.78. The SMILES string of the molecule is N#Cc1ccc(-c2nc(CSc3ccccc3Cl)no2)[nH]1. The van der Waals surface area contributed by atoms with Gasteiger partial charge in [0.2, 0.25) is 0 Å². The smallest absolute Gasteiger partial charge is 0.274 e. The second-order valence-electron chi connectivity index (χ2n) is 4.13. The van der Waals surface area contributed by atoms with Gasteiger partial charge in [0, 0.05) is 4.90 Å². The molecule has 0 spiro atoms. The molecule has 104 valence electrons. The summed E-state index contributed by atoms with van der Waals surface area (Å²) >= 11 is 7.63. The van der Waals surface area contributed by atoms with Crippen molar-refractivity contribution < 1.29 is 4.52 Å². The number of aromatic amines is 1. The Morgan fingerprint density at radius 2 is 2.14 bits per heavy atom. The molecule has 0 unspecified atom stereocenters. The second-order valence-corrected chi connectivity index (χ2v) is 5.56. The lowest BCUT2D eigenvalue weighted by atomic mass is 10.4. The minimum Gasteiger partial charge on any atom is -0.342 e. The Morgan fingerprint density at radius 3 is 2.90 bits per heavy atom. The molecule has 0 atom stereocenters. The van der Waals surface area contributed by atoms with E-state index >= 15 is 0 Å². The summed E-state index contributed by atoms with van der Waals surface area (Å²) in [6, 6.07) is 13.0. The van der Waals surface area contributed by atoms with E-state index in [1.165, 1.54) is 11.8 Å². The molecule has 0 fully saturated rings. The summed E-state index contributed by atoms with van der Waals surface area (Å²) in [4.78, 5) is 8.15. The van der Waals surface area contributed by atoms with Crippen molar-refractivity contribution in [1.82, 2.24) is 15.1 Å². The minimum absolute atomic E-state index is 0.367. The summed E-state index contributed by atoms with van der Waals surface area (Å²) < 4.78 is 5.18. The number of hydrogen-bond acceptors (Lipinski definition) is 5. The number of nitrogens with zero attached hydrogens (tertiary/aromatic N) is 3. The maximum Gasteiger partial charge on any atom is 0.274 e. The van der Waals surface area contributed by atoms with E-state index in [9.17, 15) is 0 Å². The summed E-state index contributed by atoms with van der Waals surface area (Å²) in [5.41, 5.74) is 1.09. The van der Waals surface area contributed by atoms with E-state index < -0.39 is 0 Å². The van der Waals surface area contributed by atoms with E-state index in [2.05, 4.69) is 15.1 Å². The van der Waals surface area contributed by atoms with Crippen molar-refractivity contribution in [3.63, 3.8) is 0 Å². The van der Waals surface area contributed by atoms with Crippen molar-refractivity contribution in [2.24, 2.45) is 0 Å². The Hall–Kier alpha value is -2.23. The molecular weight excluding hydrogens is 308 g/mol. The number of thioether (sulfide) groups is 1. The largest absolute Gasteiger partial charge is 0.342 e. The minimum atomic E-state index is 0.367. The standard InChI is InChI=1S/C14H9ClN4OS/c15-10-3-1-2-4-12(10)21-8-13-18-14(20-19-13)11-6-5-9(7-16)17-11/h1-6,17H,8H2. The molecule has 0 saturated heterocycles. The van der Waals surface area contributed by atoms with Crippen molar-refractivity contribution >= 4 is 23.4 Å². The summed E-state index contributed by atoms with van der Waals surface area (Å²) in [5, 5.41) is 13.4. The van der Waals surface area contributed by atoms with Gasteiger partial charge in [-0.15, -0.1) is 11.8 Å². The monoisotopic (exact) mass is 316 g/mol. The van der Waals surface area contributed by atoms with Gasteiger partial charge in [-0.3, -0.25) is 0 Å². The number of H-pyrrole nitrogens is 1. The molecule has 0 aliphatic heterocycles. The fraction of sp³-hybridized carbons (Fsp3) is 0.0714. The Kier molecular flexibility index (Phi) is 3.95. The molecule has 1 N–H and O–H groups in total. The molecule has 0 amide bonds. The van der Waals surface area contributed by atoms with E-state index in [0.717, 1.165) is 4.90 Å². The molecule has 0 aliphatic rings. The third-order valence-corrected chi connectivity index (χ3v) is 4.21. The van der Waals surface area contributed by atoms with Gasteiger partial charge in [0.1, 0.15) is 17.5 Å². The summed E-state index contributed by atoms with van der Waals surface area (Å²) in [5.74, 6) is 1.49. The molecule has 21 heavy (non-hydrogen) atoms. The molecule has 3 rings (SSSR count). The van der Waals surface area contributed by atoms with E-state index in [-0.39, 0.29) is 0 Å². The normalized spacial score (nSPS) is 10.5. The molecule has 2 heterocycles. The lowest BCUT2D eigenvalue weighted by Gasteiger charge is -2.00. The number of hydrogen-bond donors (Lipinski definition) is 1. The zero-order valence-corrected chi connectivity index (χ0v) is 12.3. The predicted octanol–water partition coefficient (Wildman–Crippen LogP) is 3.88. The first kappa shape index (κ1) is 13.7. The predicted molar refractivity (Wildman–Crippen MR) is 79.8 cm³/mol. The lowest BCUT2D eigenvalue weighted by Crippen LogP contribution is -1.85. The van der Waals surface area contributed by atoms with Crippen molar-refractivity contribution in [2.75, 3.05) is 0 Å². The zero-order valence-electron chi connectivity index (χ0n) is 10.7. The highest BCUT2D eigenvalue weighted by atomic mass is 35.5. The van der Waals surface area contributed by atoms with Gasteiger partial charge in [-0.25, -0.2) is 0 Å². The van der Waals surface area contributed by atoms with Gasteiger partial charge in [0.05, 0.1) is 10.8 Å². The highest BCUT2D eigenvalue weighted by molar-refractivity contribution is 7.98. The van der Waals surface area contributed by atoms with Crippen LogP contribution in [0.5, 0.6) is 0 Å². The van der Waals surface area contributed by atoms with Gasteiger partial charge < -0.3 is 9.51 Å². The number of rotatable bonds is 4. The summed E-state index contributed by atoms with van der Waals surface area (Å²) in [7, 11) is 0. The number of benzene rings is 1. The molecule has 3 aromatic rings. The van der Waals surface area contributed by atoms with Gasteiger partial charge in [-0.1, -0.05) is 28.9 Å². The van der Waals surface area contributed by atoms with Crippen LogP contribution in [-0.2, 0) is 5.75 Å². The van der Waals surface area contributed by atoms with E-state index in [0.29, 0.717) is 33.9 Å². The van der Waals surface area contributed by atoms with Crippen molar-refractivity contribution in [3.05, 3.63) is 52.9 Å². The number of aromatic nitrogens is 3. The average Bonchev–Trinajstić information content (AvgIpc) is 3.15. The number of halogens is 1. The van der Waals surface area contributed by atoms with Crippen molar-refractivity contribution in [3.8, 4) is 17.7 Å². The fourth-order valence-corrected chi connectivity index (χ4v) is 2.79. The number of nitriles is 1. The third kappa shape index (κ3) is 3.10. The van der Waals surface area contributed by atoms with Gasteiger partial charge in [-0.2, -0.15) is 10.2 Å². The maximum absolute atomic E-state index is 8.78. The van der Waals surface area contributed by atoms with Crippen LogP contribution in [0, 0.1) is 11.3 Å². The van der Waals surface area contributed by atoms with Crippen LogP contribution in [0.25, 0.3) is 11.6 Å².